The Hall–Kier alpha value is -1.76. The van der Waals surface area contributed by atoms with Crippen molar-refractivity contribution in [1.82, 2.24) is 10.6 Å². The molecule has 0 aromatic carbocycles. The molecule has 0 bridgehead atoms. The van der Waals surface area contributed by atoms with Crippen molar-refractivity contribution in [3.05, 3.63) is 0 Å². The standard InChI is InChI=1S/C16H28N2O5/c1-13(19)11-18-16(22)8-4-3-5-10-17-15(21)9-6-7-14(20)12-23-2/h3-12H2,1-2H3,(H,17,21)(H,18,22). The fourth-order valence-electron chi connectivity index (χ4n) is 1.89. The lowest BCUT2D eigenvalue weighted by Crippen LogP contribution is -2.28. The molecule has 7 nitrogen and oxygen atoms in total. The Balaban J connectivity index is 3.43. The van der Waals surface area contributed by atoms with E-state index in [1.807, 2.05) is 0 Å². The number of Topliss-reactive ketones (excluding diaryl/α,β-unsaturated/α-hetero) is 2. The highest BCUT2D eigenvalue weighted by Gasteiger charge is 2.05. The summed E-state index contributed by atoms with van der Waals surface area (Å²) in [7, 11) is 1.47. The van der Waals surface area contributed by atoms with Gasteiger partial charge in [-0.15, -0.1) is 0 Å². The number of hydrogen-bond acceptors (Lipinski definition) is 5. The topological polar surface area (TPSA) is 102 Å². The average molecular weight is 328 g/mol. The van der Waals surface area contributed by atoms with Gasteiger partial charge in [-0.05, 0) is 26.2 Å². The Morgan fingerprint density at radius 1 is 0.826 bits per heavy atom. The van der Waals surface area contributed by atoms with E-state index in [1.54, 1.807) is 0 Å². The first-order valence-electron chi connectivity index (χ1n) is 7.99. The van der Waals surface area contributed by atoms with Gasteiger partial charge in [0.2, 0.25) is 11.8 Å². The van der Waals surface area contributed by atoms with Crippen molar-refractivity contribution >= 4 is 23.4 Å². The second-order valence-electron chi connectivity index (χ2n) is 5.46. The van der Waals surface area contributed by atoms with Gasteiger partial charge in [-0.1, -0.05) is 6.42 Å². The zero-order chi connectivity index (χ0) is 17.5. The number of ketones is 2. The number of unbranched alkanes of at least 4 members (excludes halogenated alkanes) is 2. The van der Waals surface area contributed by atoms with Gasteiger partial charge in [-0.2, -0.15) is 0 Å². The Morgan fingerprint density at radius 2 is 1.48 bits per heavy atom. The van der Waals surface area contributed by atoms with Crippen LogP contribution in [0.4, 0.5) is 0 Å². The average Bonchev–Trinajstić information content (AvgIpc) is 2.49. The molecule has 0 atom stereocenters. The van der Waals surface area contributed by atoms with E-state index in [0.717, 1.165) is 19.3 Å². The molecule has 0 heterocycles. The predicted octanol–water partition coefficient (Wildman–Crippen LogP) is 0.754. The van der Waals surface area contributed by atoms with E-state index in [9.17, 15) is 19.2 Å². The number of methoxy groups -OCH3 is 1. The van der Waals surface area contributed by atoms with Gasteiger partial charge in [0.15, 0.2) is 5.78 Å². The lowest BCUT2D eigenvalue weighted by Gasteiger charge is -2.05. The second-order valence-corrected chi connectivity index (χ2v) is 5.46. The maximum Gasteiger partial charge on any atom is 0.220 e. The number of ether oxygens (including phenoxy) is 1. The molecular formula is C16H28N2O5. The van der Waals surface area contributed by atoms with Crippen LogP contribution in [0.1, 0.15) is 51.9 Å². The van der Waals surface area contributed by atoms with Crippen LogP contribution in [0.15, 0.2) is 0 Å². The molecule has 0 saturated carbocycles. The van der Waals surface area contributed by atoms with Crippen LogP contribution in [0.2, 0.25) is 0 Å². The molecular weight excluding hydrogens is 300 g/mol. The van der Waals surface area contributed by atoms with Gasteiger partial charge in [-0.3, -0.25) is 19.2 Å². The summed E-state index contributed by atoms with van der Waals surface area (Å²) in [6.45, 7) is 2.18. The summed E-state index contributed by atoms with van der Waals surface area (Å²) in [5.41, 5.74) is 0. The SMILES string of the molecule is COCC(=O)CCCC(=O)NCCCCCC(=O)NCC(C)=O. The normalized spacial score (nSPS) is 10.2. The van der Waals surface area contributed by atoms with E-state index in [0.29, 0.717) is 32.2 Å². The summed E-state index contributed by atoms with van der Waals surface area (Å²) < 4.78 is 4.71. The van der Waals surface area contributed by atoms with Gasteiger partial charge in [0.05, 0.1) is 6.54 Å². The summed E-state index contributed by atoms with van der Waals surface area (Å²) in [5, 5.41) is 5.33. The molecule has 7 heteroatoms. The largest absolute Gasteiger partial charge is 0.377 e. The predicted molar refractivity (Wildman–Crippen MR) is 85.9 cm³/mol. The molecule has 0 aliphatic rings. The lowest BCUT2D eigenvalue weighted by atomic mass is 10.1. The van der Waals surface area contributed by atoms with E-state index in [4.69, 9.17) is 4.74 Å². The summed E-state index contributed by atoms with van der Waals surface area (Å²) >= 11 is 0. The Bertz CT molecular complexity index is 396. The number of carbonyl (C=O) groups excluding carboxylic acids is 4. The molecule has 0 aliphatic heterocycles. The van der Waals surface area contributed by atoms with Crippen LogP contribution >= 0.6 is 0 Å². The zero-order valence-electron chi connectivity index (χ0n) is 14.1. The summed E-state index contributed by atoms with van der Waals surface area (Å²) in [6.07, 6.45) is 3.98. The van der Waals surface area contributed by atoms with Crippen molar-refractivity contribution in [3.63, 3.8) is 0 Å². The van der Waals surface area contributed by atoms with Crippen LogP contribution in [0.3, 0.4) is 0 Å². The first-order valence-corrected chi connectivity index (χ1v) is 7.99. The molecule has 0 aromatic heterocycles. The van der Waals surface area contributed by atoms with Crippen molar-refractivity contribution in [1.29, 1.82) is 0 Å². The molecule has 0 aliphatic carbocycles. The van der Waals surface area contributed by atoms with Crippen molar-refractivity contribution in [2.24, 2.45) is 0 Å². The van der Waals surface area contributed by atoms with E-state index >= 15 is 0 Å². The molecule has 0 unspecified atom stereocenters. The van der Waals surface area contributed by atoms with Gasteiger partial charge in [0, 0.05) is 32.9 Å². The molecule has 0 radical (unpaired) electrons. The van der Waals surface area contributed by atoms with E-state index in [1.165, 1.54) is 14.0 Å². The van der Waals surface area contributed by atoms with Gasteiger partial charge in [0.25, 0.3) is 0 Å². The van der Waals surface area contributed by atoms with Gasteiger partial charge in [0.1, 0.15) is 12.4 Å². The molecule has 0 rings (SSSR count). The fraction of sp³-hybridized carbons (Fsp3) is 0.750. The fourth-order valence-corrected chi connectivity index (χ4v) is 1.89. The van der Waals surface area contributed by atoms with Crippen LogP contribution in [0.5, 0.6) is 0 Å². The number of nitrogens with one attached hydrogen (secondary N) is 2. The van der Waals surface area contributed by atoms with Gasteiger partial charge in [-0.25, -0.2) is 0 Å². The number of carbonyl (C=O) groups is 4. The molecule has 0 saturated heterocycles. The summed E-state index contributed by atoms with van der Waals surface area (Å²) in [5.74, 6) is -0.243. The number of rotatable bonds is 14. The maximum absolute atomic E-state index is 11.5. The Morgan fingerprint density at radius 3 is 2.13 bits per heavy atom. The first-order chi connectivity index (χ1) is 11.0. The highest BCUT2D eigenvalue weighted by atomic mass is 16.5. The lowest BCUT2D eigenvalue weighted by molar-refractivity contribution is -0.124. The van der Waals surface area contributed by atoms with Crippen LogP contribution in [0.25, 0.3) is 0 Å². The minimum absolute atomic E-state index is 0.00310. The number of hydrogen-bond donors (Lipinski definition) is 2. The smallest absolute Gasteiger partial charge is 0.220 e. The van der Waals surface area contributed by atoms with Crippen molar-refractivity contribution in [2.75, 3.05) is 26.8 Å². The second kappa shape index (κ2) is 13.9. The van der Waals surface area contributed by atoms with Gasteiger partial charge < -0.3 is 15.4 Å². The third-order valence-electron chi connectivity index (χ3n) is 3.10. The van der Waals surface area contributed by atoms with Gasteiger partial charge >= 0.3 is 0 Å². The molecule has 0 aromatic rings. The number of amides is 2. The molecule has 0 fully saturated rings. The first kappa shape index (κ1) is 21.2. The molecule has 23 heavy (non-hydrogen) atoms. The van der Waals surface area contributed by atoms with E-state index < -0.39 is 0 Å². The summed E-state index contributed by atoms with van der Waals surface area (Å²) in [4.78, 5) is 44.7. The zero-order valence-corrected chi connectivity index (χ0v) is 14.1. The van der Waals surface area contributed by atoms with E-state index in [-0.39, 0.29) is 36.5 Å². The highest BCUT2D eigenvalue weighted by molar-refractivity contribution is 5.84. The van der Waals surface area contributed by atoms with Crippen LogP contribution in [-0.4, -0.2) is 50.2 Å². The minimum Gasteiger partial charge on any atom is -0.377 e. The van der Waals surface area contributed by atoms with Crippen molar-refractivity contribution in [3.8, 4) is 0 Å². The van der Waals surface area contributed by atoms with E-state index in [2.05, 4.69) is 10.6 Å². The quantitative estimate of drug-likeness (QED) is 0.458. The Labute approximate surface area is 137 Å². The molecule has 2 amide bonds. The highest BCUT2D eigenvalue weighted by Crippen LogP contribution is 2.00. The molecule has 0 spiro atoms. The van der Waals surface area contributed by atoms with Crippen LogP contribution < -0.4 is 10.6 Å². The Kier molecular flexibility index (Phi) is 12.8. The van der Waals surface area contributed by atoms with Crippen LogP contribution in [-0.2, 0) is 23.9 Å². The summed E-state index contributed by atoms with van der Waals surface area (Å²) in [6, 6.07) is 0. The van der Waals surface area contributed by atoms with Crippen molar-refractivity contribution in [2.45, 2.75) is 51.9 Å². The molecule has 2 N–H and O–H groups in total. The third-order valence-corrected chi connectivity index (χ3v) is 3.10. The third kappa shape index (κ3) is 14.9. The monoisotopic (exact) mass is 328 g/mol. The molecule has 132 valence electrons. The van der Waals surface area contributed by atoms with Crippen molar-refractivity contribution < 1.29 is 23.9 Å². The van der Waals surface area contributed by atoms with Crippen LogP contribution in [0, 0.1) is 0 Å². The maximum atomic E-state index is 11.5. The minimum atomic E-state index is -0.120.